The van der Waals surface area contributed by atoms with E-state index < -0.39 is 11.9 Å². The zero-order valence-corrected chi connectivity index (χ0v) is 34.2. The molecule has 60 heavy (non-hydrogen) atoms. The Morgan fingerprint density at radius 3 is 1.77 bits per heavy atom. The molecule has 1 N–H and O–H groups in total. The number of benzene rings is 3. The molecule has 4 aliphatic heterocycles. The minimum Gasteiger partial charge on any atom is -0.497 e. The van der Waals surface area contributed by atoms with Gasteiger partial charge in [-0.1, -0.05) is 6.07 Å². The van der Waals surface area contributed by atoms with Crippen molar-refractivity contribution in [1.82, 2.24) is 5.32 Å². The molecule has 9 rings (SSSR count). The molecule has 3 aromatic carbocycles. The van der Waals surface area contributed by atoms with Crippen LogP contribution in [0.1, 0.15) is 69.6 Å². The van der Waals surface area contributed by atoms with Crippen molar-refractivity contribution in [1.29, 1.82) is 0 Å². The van der Waals surface area contributed by atoms with Crippen LogP contribution in [0.4, 0.5) is 17.5 Å². The van der Waals surface area contributed by atoms with Gasteiger partial charge in [-0.05, 0) is 68.6 Å². The van der Waals surface area contributed by atoms with Gasteiger partial charge in [0.05, 0.1) is 75.7 Å². The van der Waals surface area contributed by atoms with Gasteiger partial charge in [-0.3, -0.25) is 9.59 Å². The second-order valence-corrected chi connectivity index (χ2v) is 15.2. The molecule has 15 heteroatoms. The van der Waals surface area contributed by atoms with Crippen LogP contribution in [0.25, 0.3) is 21.9 Å². The van der Waals surface area contributed by atoms with E-state index in [1.165, 1.54) is 26.4 Å². The van der Waals surface area contributed by atoms with E-state index in [-0.39, 0.29) is 22.9 Å². The number of ether oxygens (including phenoxy) is 5. The number of nitrogens with zero attached hydrogens (tertiary/aromatic N) is 3. The molecule has 6 heterocycles. The lowest BCUT2D eigenvalue weighted by atomic mass is 9.98. The number of hydrogen-bond donors (Lipinski definition) is 1. The SMILES string of the molecule is COC(=O)c1cc([C@H]2CCCN2)c2oc(N3CCOCC3)cc(=O)c2c1.COC(=O)c1cc([C@H]2CCCN2c2cccc(OC)c2)c2oc(N3CCOCC3)cc(=O)c2c1. The van der Waals surface area contributed by atoms with Crippen LogP contribution in [-0.4, -0.2) is 99.0 Å². The summed E-state index contributed by atoms with van der Waals surface area (Å²) in [5.41, 5.74) is 4.11. The normalized spacial score (nSPS) is 19.3. The number of carbonyl (C=O) groups is 2. The standard InChI is InChI=1S/C26H28N2O6.C19H22N2O5/c1-31-19-6-3-5-18(15-19)28-8-4-7-22(28)20-13-17(26(30)32-2)14-21-23(29)16-24(34-25(20)21)27-9-11-33-12-10-27;1-24-19(23)12-9-13(15-3-2-4-20-15)18-14(10-12)16(22)11-17(26-18)21-5-7-25-8-6-21/h3,5-6,13-16,22H,4,7-12H2,1-2H3;9-11,15,20H,2-8H2,1H3/t22-;15-/m11/s1. The van der Waals surface area contributed by atoms with Crippen molar-refractivity contribution in [3.05, 3.63) is 103 Å². The molecule has 5 aromatic rings. The molecule has 4 aliphatic rings. The number of anilines is 3. The van der Waals surface area contributed by atoms with Crippen LogP contribution < -0.4 is 35.6 Å². The fourth-order valence-corrected chi connectivity index (χ4v) is 8.54. The molecule has 0 bridgehead atoms. The third-order valence-electron chi connectivity index (χ3n) is 11.6. The maximum atomic E-state index is 13.2. The first kappa shape index (κ1) is 40.9. The van der Waals surface area contributed by atoms with Gasteiger partial charge in [0, 0.05) is 73.8 Å². The third kappa shape index (κ3) is 8.42. The molecule has 4 saturated heterocycles. The Morgan fingerprint density at radius 2 is 1.23 bits per heavy atom. The number of rotatable bonds is 8. The summed E-state index contributed by atoms with van der Waals surface area (Å²) in [7, 11) is 4.33. The summed E-state index contributed by atoms with van der Waals surface area (Å²) < 4.78 is 38.6. The molecule has 316 valence electrons. The second-order valence-electron chi connectivity index (χ2n) is 15.2. The Morgan fingerprint density at radius 1 is 0.667 bits per heavy atom. The zero-order chi connectivity index (χ0) is 41.8. The average Bonchev–Trinajstić information content (AvgIpc) is 4.03. The Bertz CT molecular complexity index is 2480. The first-order valence-electron chi connectivity index (χ1n) is 20.5. The van der Waals surface area contributed by atoms with Gasteiger partial charge in [-0.25, -0.2) is 9.59 Å². The van der Waals surface area contributed by atoms with Crippen molar-refractivity contribution in [2.24, 2.45) is 0 Å². The lowest BCUT2D eigenvalue weighted by Gasteiger charge is -2.29. The van der Waals surface area contributed by atoms with Crippen LogP contribution in [-0.2, 0) is 18.9 Å². The minimum atomic E-state index is -0.481. The zero-order valence-electron chi connectivity index (χ0n) is 34.2. The molecule has 2 atom stereocenters. The molecule has 0 aliphatic carbocycles. The number of fused-ring (bicyclic) bond motifs is 2. The van der Waals surface area contributed by atoms with Gasteiger partial charge in [0.2, 0.25) is 0 Å². The molecule has 4 fully saturated rings. The predicted molar refractivity (Wildman–Crippen MR) is 226 cm³/mol. The smallest absolute Gasteiger partial charge is 0.337 e. The van der Waals surface area contributed by atoms with Crippen molar-refractivity contribution in [3.8, 4) is 5.75 Å². The summed E-state index contributed by atoms with van der Waals surface area (Å²) in [5, 5.41) is 4.21. The summed E-state index contributed by atoms with van der Waals surface area (Å²) in [5.74, 6) is 0.917. The fourth-order valence-electron chi connectivity index (χ4n) is 8.54. The largest absolute Gasteiger partial charge is 0.497 e. The van der Waals surface area contributed by atoms with Crippen molar-refractivity contribution in [2.75, 3.05) is 102 Å². The highest BCUT2D eigenvalue weighted by molar-refractivity contribution is 5.96. The second kappa shape index (κ2) is 18.2. The summed E-state index contributed by atoms with van der Waals surface area (Å²) in [6.07, 6.45) is 3.81. The number of methoxy groups -OCH3 is 3. The maximum absolute atomic E-state index is 13.2. The van der Waals surface area contributed by atoms with E-state index in [2.05, 4.69) is 10.2 Å². The van der Waals surface area contributed by atoms with Gasteiger partial charge >= 0.3 is 11.9 Å². The van der Waals surface area contributed by atoms with Gasteiger partial charge in [0.1, 0.15) is 16.9 Å². The van der Waals surface area contributed by atoms with Gasteiger partial charge < -0.3 is 52.5 Å². The van der Waals surface area contributed by atoms with Crippen LogP contribution in [0.2, 0.25) is 0 Å². The summed E-state index contributed by atoms with van der Waals surface area (Å²) in [4.78, 5) is 56.8. The van der Waals surface area contributed by atoms with E-state index in [9.17, 15) is 19.2 Å². The van der Waals surface area contributed by atoms with Gasteiger partial charge in [0.15, 0.2) is 22.6 Å². The number of hydrogen-bond acceptors (Lipinski definition) is 15. The van der Waals surface area contributed by atoms with Crippen LogP contribution in [0, 0.1) is 0 Å². The Labute approximate surface area is 346 Å². The van der Waals surface area contributed by atoms with Crippen molar-refractivity contribution < 1.29 is 42.1 Å². The van der Waals surface area contributed by atoms with Crippen molar-refractivity contribution in [2.45, 2.75) is 37.8 Å². The lowest BCUT2D eigenvalue weighted by molar-refractivity contribution is 0.0592. The van der Waals surface area contributed by atoms with E-state index in [0.29, 0.717) is 97.4 Å². The van der Waals surface area contributed by atoms with Gasteiger partial charge in [-0.15, -0.1) is 0 Å². The van der Waals surface area contributed by atoms with E-state index in [0.717, 1.165) is 61.3 Å². The highest BCUT2D eigenvalue weighted by Crippen LogP contribution is 2.41. The quantitative estimate of drug-likeness (QED) is 0.192. The number of morpholine rings is 2. The molecule has 15 nitrogen and oxygen atoms in total. The van der Waals surface area contributed by atoms with Crippen molar-refractivity contribution in [3.63, 3.8) is 0 Å². The van der Waals surface area contributed by atoms with E-state index in [1.807, 2.05) is 40.1 Å². The minimum absolute atomic E-state index is 0.0604. The van der Waals surface area contributed by atoms with Gasteiger partial charge in [-0.2, -0.15) is 0 Å². The first-order chi connectivity index (χ1) is 29.3. The Kier molecular flexibility index (Phi) is 12.4. The topological polar surface area (TPSA) is 162 Å². The summed E-state index contributed by atoms with van der Waals surface area (Å²) in [6, 6.07) is 17.6. The van der Waals surface area contributed by atoms with Crippen LogP contribution in [0.5, 0.6) is 5.75 Å². The van der Waals surface area contributed by atoms with Crippen LogP contribution in [0.3, 0.4) is 0 Å². The number of carbonyl (C=O) groups excluding carboxylic acids is 2. The van der Waals surface area contributed by atoms with E-state index in [1.54, 1.807) is 25.3 Å². The van der Waals surface area contributed by atoms with E-state index in [4.69, 9.17) is 32.5 Å². The molecule has 0 saturated carbocycles. The first-order valence-corrected chi connectivity index (χ1v) is 20.5. The van der Waals surface area contributed by atoms with Gasteiger partial charge in [0.25, 0.3) is 0 Å². The summed E-state index contributed by atoms with van der Waals surface area (Å²) in [6.45, 7) is 6.83. The van der Waals surface area contributed by atoms with Crippen LogP contribution in [0.15, 0.2) is 79.1 Å². The molecule has 2 aromatic heterocycles. The fraction of sp³-hybridized carbons (Fsp3) is 0.422. The average molecular weight is 823 g/mol. The number of nitrogens with one attached hydrogen (secondary N) is 1. The maximum Gasteiger partial charge on any atom is 0.337 e. The Hall–Kier alpha value is -5.90. The molecular weight excluding hydrogens is 773 g/mol. The summed E-state index contributed by atoms with van der Waals surface area (Å²) >= 11 is 0. The highest BCUT2D eigenvalue weighted by atomic mass is 16.5. The molecule has 0 spiro atoms. The molecule has 0 unspecified atom stereocenters. The molecular formula is C45H50N4O11. The van der Waals surface area contributed by atoms with E-state index >= 15 is 0 Å². The lowest BCUT2D eigenvalue weighted by Crippen LogP contribution is -2.36. The highest BCUT2D eigenvalue weighted by Gasteiger charge is 2.31. The predicted octanol–water partition coefficient (Wildman–Crippen LogP) is 5.61. The van der Waals surface area contributed by atoms with Crippen molar-refractivity contribution >= 4 is 51.3 Å². The number of esters is 2. The Balaban J connectivity index is 0.000000172. The third-order valence-corrected chi connectivity index (χ3v) is 11.6. The molecule has 0 radical (unpaired) electrons. The molecule has 0 amide bonds. The van der Waals surface area contributed by atoms with Crippen LogP contribution >= 0.6 is 0 Å². The monoisotopic (exact) mass is 822 g/mol.